The average molecular weight is 457 g/mol. The topological polar surface area (TPSA) is 99.9 Å². The zero-order valence-electron chi connectivity index (χ0n) is 20.3. The molecule has 0 spiro atoms. The first-order valence-corrected chi connectivity index (χ1v) is 11.9. The summed E-state index contributed by atoms with van der Waals surface area (Å²) >= 11 is 0. The van der Waals surface area contributed by atoms with E-state index in [1.165, 1.54) is 5.56 Å². The van der Waals surface area contributed by atoms with Gasteiger partial charge in [-0.2, -0.15) is 0 Å². The second kappa shape index (κ2) is 9.01. The van der Waals surface area contributed by atoms with Crippen molar-refractivity contribution in [1.82, 2.24) is 5.32 Å². The van der Waals surface area contributed by atoms with Gasteiger partial charge in [-0.1, -0.05) is 32.4 Å². The highest BCUT2D eigenvalue weighted by Crippen LogP contribution is 2.55. The SMILES string of the molecule is COc1ccc2c3c1OC1CC(OC(=O)NC(=O)CC(C)CC(C)C)C=C(CC(C)(N)C2)C31. The number of amides is 2. The van der Waals surface area contributed by atoms with Gasteiger partial charge >= 0.3 is 6.09 Å². The number of carbonyl (C=O) groups is 2. The molecule has 1 aliphatic heterocycles. The van der Waals surface area contributed by atoms with Gasteiger partial charge in [0.1, 0.15) is 12.2 Å². The Morgan fingerprint density at radius 2 is 2.03 bits per heavy atom. The Balaban J connectivity index is 1.49. The predicted molar refractivity (Wildman–Crippen MR) is 125 cm³/mol. The van der Waals surface area contributed by atoms with Crippen molar-refractivity contribution in [2.45, 2.75) is 83.5 Å². The van der Waals surface area contributed by atoms with Gasteiger partial charge in [0.25, 0.3) is 0 Å². The van der Waals surface area contributed by atoms with Crippen LogP contribution in [-0.4, -0.2) is 36.9 Å². The van der Waals surface area contributed by atoms with Crippen LogP contribution >= 0.6 is 0 Å². The number of imide groups is 1. The van der Waals surface area contributed by atoms with E-state index in [1.54, 1.807) is 7.11 Å². The average Bonchev–Trinajstić information content (AvgIpc) is 3.01. The molecular formula is C26H36N2O5. The van der Waals surface area contributed by atoms with E-state index in [2.05, 4.69) is 32.2 Å². The predicted octanol–water partition coefficient (Wildman–Crippen LogP) is 4.23. The number of nitrogens with one attached hydrogen (secondary N) is 1. The summed E-state index contributed by atoms with van der Waals surface area (Å²) in [7, 11) is 1.64. The van der Waals surface area contributed by atoms with Gasteiger partial charge in [-0.3, -0.25) is 10.1 Å². The minimum Gasteiger partial charge on any atom is -0.493 e. The van der Waals surface area contributed by atoms with E-state index >= 15 is 0 Å². The van der Waals surface area contributed by atoms with Crippen LogP contribution in [0.2, 0.25) is 0 Å². The molecule has 0 aromatic heterocycles. The summed E-state index contributed by atoms with van der Waals surface area (Å²) in [6.07, 6.45) is 3.80. The van der Waals surface area contributed by atoms with Gasteiger partial charge in [0.15, 0.2) is 11.5 Å². The van der Waals surface area contributed by atoms with E-state index in [4.69, 9.17) is 19.9 Å². The third-order valence-corrected chi connectivity index (χ3v) is 6.80. The van der Waals surface area contributed by atoms with Crippen LogP contribution in [0.1, 0.15) is 70.4 Å². The van der Waals surface area contributed by atoms with E-state index in [-0.39, 0.29) is 23.8 Å². The monoisotopic (exact) mass is 456 g/mol. The first kappa shape index (κ1) is 23.6. The number of carbonyl (C=O) groups excluding carboxylic acids is 2. The van der Waals surface area contributed by atoms with Crippen LogP contribution in [0.3, 0.4) is 0 Å². The minimum atomic E-state index is -0.713. The molecule has 1 heterocycles. The molecule has 2 amide bonds. The maximum Gasteiger partial charge on any atom is 0.414 e. The van der Waals surface area contributed by atoms with Crippen molar-refractivity contribution in [2.75, 3.05) is 7.11 Å². The number of ether oxygens (including phenoxy) is 3. The van der Waals surface area contributed by atoms with E-state index in [1.807, 2.05) is 19.1 Å². The van der Waals surface area contributed by atoms with Gasteiger partial charge in [0, 0.05) is 29.9 Å². The molecular weight excluding hydrogens is 420 g/mol. The smallest absolute Gasteiger partial charge is 0.414 e. The van der Waals surface area contributed by atoms with E-state index in [0.717, 1.165) is 29.7 Å². The van der Waals surface area contributed by atoms with Crippen molar-refractivity contribution in [3.63, 3.8) is 0 Å². The van der Waals surface area contributed by atoms with Crippen molar-refractivity contribution >= 4 is 12.0 Å². The molecule has 3 N–H and O–H groups in total. The number of hydrogen-bond acceptors (Lipinski definition) is 6. The van der Waals surface area contributed by atoms with Crippen molar-refractivity contribution in [2.24, 2.45) is 17.6 Å². The summed E-state index contributed by atoms with van der Waals surface area (Å²) in [6, 6.07) is 4.02. The van der Waals surface area contributed by atoms with Crippen LogP contribution in [0.25, 0.3) is 0 Å². The van der Waals surface area contributed by atoms with Crippen LogP contribution < -0.4 is 20.5 Å². The Morgan fingerprint density at radius 3 is 2.73 bits per heavy atom. The fraction of sp³-hybridized carbons (Fsp3) is 0.615. The zero-order chi connectivity index (χ0) is 23.9. The third kappa shape index (κ3) is 5.03. The Morgan fingerprint density at radius 1 is 1.27 bits per heavy atom. The molecule has 5 unspecified atom stereocenters. The first-order chi connectivity index (χ1) is 15.6. The van der Waals surface area contributed by atoms with Crippen molar-refractivity contribution < 1.29 is 23.8 Å². The molecule has 7 nitrogen and oxygen atoms in total. The molecule has 1 aromatic rings. The summed E-state index contributed by atoms with van der Waals surface area (Å²) in [6.45, 7) is 8.31. The van der Waals surface area contributed by atoms with Crippen LogP contribution in [0.15, 0.2) is 23.8 Å². The highest BCUT2D eigenvalue weighted by atomic mass is 16.6. The third-order valence-electron chi connectivity index (χ3n) is 6.80. The van der Waals surface area contributed by atoms with Gasteiger partial charge < -0.3 is 19.9 Å². The van der Waals surface area contributed by atoms with E-state index < -0.39 is 17.7 Å². The zero-order valence-corrected chi connectivity index (χ0v) is 20.3. The fourth-order valence-corrected chi connectivity index (χ4v) is 5.80. The Hall–Kier alpha value is -2.54. The van der Waals surface area contributed by atoms with Crippen molar-refractivity contribution in [1.29, 1.82) is 0 Å². The lowest BCUT2D eigenvalue weighted by molar-refractivity contribution is -0.121. The van der Waals surface area contributed by atoms with Crippen molar-refractivity contribution in [3.05, 3.63) is 34.9 Å². The molecule has 5 atom stereocenters. The second-order valence-electron chi connectivity index (χ2n) is 10.7. The quantitative estimate of drug-likeness (QED) is 0.622. The summed E-state index contributed by atoms with van der Waals surface area (Å²) < 4.78 is 17.5. The van der Waals surface area contributed by atoms with Gasteiger partial charge in [0.2, 0.25) is 5.91 Å². The number of methoxy groups -OCH3 is 1. The number of rotatable bonds is 6. The molecule has 0 saturated carbocycles. The summed E-state index contributed by atoms with van der Waals surface area (Å²) in [4.78, 5) is 24.7. The molecule has 1 aromatic carbocycles. The Kier molecular flexibility index (Phi) is 6.45. The number of hydrogen-bond donors (Lipinski definition) is 2. The molecule has 180 valence electrons. The number of alkyl carbamates (subject to hydrolysis) is 1. The fourth-order valence-electron chi connectivity index (χ4n) is 5.80. The van der Waals surface area contributed by atoms with Gasteiger partial charge in [-0.15, -0.1) is 0 Å². The Bertz CT molecular complexity index is 968. The van der Waals surface area contributed by atoms with Crippen LogP contribution in [-0.2, 0) is 16.0 Å². The van der Waals surface area contributed by atoms with Crippen molar-refractivity contribution in [3.8, 4) is 11.5 Å². The maximum atomic E-state index is 12.5. The lowest BCUT2D eigenvalue weighted by Gasteiger charge is -2.32. The molecule has 2 aliphatic carbocycles. The lowest BCUT2D eigenvalue weighted by atomic mass is 9.78. The highest BCUT2D eigenvalue weighted by molar-refractivity contribution is 5.91. The highest BCUT2D eigenvalue weighted by Gasteiger charge is 2.47. The molecule has 0 saturated heterocycles. The molecule has 3 aliphatic rings. The summed E-state index contributed by atoms with van der Waals surface area (Å²) in [5, 5.41) is 2.38. The Labute approximate surface area is 196 Å². The minimum absolute atomic E-state index is 0.0805. The van der Waals surface area contributed by atoms with Gasteiger partial charge in [-0.05, 0) is 55.7 Å². The number of benzene rings is 1. The molecule has 0 fully saturated rings. The summed E-state index contributed by atoms with van der Waals surface area (Å²) in [5.41, 5.74) is 9.69. The molecule has 0 radical (unpaired) electrons. The lowest BCUT2D eigenvalue weighted by Crippen LogP contribution is -2.41. The van der Waals surface area contributed by atoms with Gasteiger partial charge in [-0.25, -0.2) is 4.79 Å². The summed E-state index contributed by atoms with van der Waals surface area (Å²) in [5.74, 6) is 1.96. The largest absolute Gasteiger partial charge is 0.493 e. The molecule has 7 heteroatoms. The standard InChI is InChI=1S/C26H36N2O5/c1-14(2)8-15(3)9-21(29)28-25(30)32-18-10-17-13-26(4,27)12-16-6-7-19(31-5)24-23(16)22(17)20(11-18)33-24/h6-7,10,14-15,18,20,22H,8-9,11-13,27H2,1-5H3,(H,28,29,30). The maximum absolute atomic E-state index is 12.5. The van der Waals surface area contributed by atoms with Gasteiger partial charge in [0.05, 0.1) is 7.11 Å². The van der Waals surface area contributed by atoms with Crippen LogP contribution in [0, 0.1) is 11.8 Å². The van der Waals surface area contributed by atoms with Crippen LogP contribution in [0.4, 0.5) is 4.79 Å². The molecule has 33 heavy (non-hydrogen) atoms. The normalized spacial score (nSPS) is 28.2. The molecule has 0 bridgehead atoms. The molecule has 4 rings (SSSR count). The van der Waals surface area contributed by atoms with E-state index in [0.29, 0.717) is 30.9 Å². The number of nitrogens with two attached hydrogens (primary N) is 1. The van der Waals surface area contributed by atoms with E-state index in [9.17, 15) is 9.59 Å². The van der Waals surface area contributed by atoms with Crippen LogP contribution in [0.5, 0.6) is 11.5 Å². The second-order valence-corrected chi connectivity index (χ2v) is 10.7. The first-order valence-electron chi connectivity index (χ1n) is 11.9.